The first kappa shape index (κ1) is 12.0. The highest BCUT2D eigenvalue weighted by Crippen LogP contribution is 2.15. The Morgan fingerprint density at radius 3 is 2.87 bits per heavy atom. The van der Waals surface area contributed by atoms with Crippen molar-refractivity contribution >= 4 is 27.8 Å². The molecular weight excluding hydrogens is 262 g/mol. The van der Waals surface area contributed by atoms with Crippen molar-refractivity contribution in [3.05, 3.63) is 11.8 Å². The largest absolute Gasteiger partial charge is 0.444 e. The minimum atomic E-state index is -0.505. The number of nitrogens with one attached hydrogen (secondary N) is 2. The minimum absolute atomic E-state index is 0.487. The average molecular weight is 276 g/mol. The number of aromatic amines is 1. The number of anilines is 1. The van der Waals surface area contributed by atoms with Crippen LogP contribution in [0.15, 0.2) is 6.20 Å². The highest BCUT2D eigenvalue weighted by Gasteiger charge is 2.17. The fourth-order valence-corrected chi connectivity index (χ4v) is 1.35. The number of H-pyrrole nitrogens is 1. The molecule has 1 amide bonds. The SMILES string of the molecule is CC(C)(C)OC(=O)Nc1n[nH]cc1CBr. The molecule has 1 rings (SSSR count). The first-order chi connectivity index (χ1) is 6.92. The van der Waals surface area contributed by atoms with E-state index in [2.05, 4.69) is 31.4 Å². The molecule has 5 nitrogen and oxygen atoms in total. The lowest BCUT2D eigenvalue weighted by atomic mass is 10.2. The number of halogens is 1. The lowest BCUT2D eigenvalue weighted by Crippen LogP contribution is -2.27. The Kier molecular flexibility index (Phi) is 3.73. The van der Waals surface area contributed by atoms with Gasteiger partial charge in [-0.15, -0.1) is 0 Å². The summed E-state index contributed by atoms with van der Waals surface area (Å²) in [6.07, 6.45) is 1.21. The topological polar surface area (TPSA) is 67.0 Å². The third-order valence-electron chi connectivity index (χ3n) is 1.48. The summed E-state index contributed by atoms with van der Waals surface area (Å²) in [5.41, 5.74) is 0.371. The van der Waals surface area contributed by atoms with Crippen LogP contribution in [0.4, 0.5) is 10.6 Å². The highest BCUT2D eigenvalue weighted by atomic mass is 79.9. The molecule has 0 saturated carbocycles. The van der Waals surface area contributed by atoms with Gasteiger partial charge in [-0.3, -0.25) is 10.4 Å². The molecule has 0 bridgehead atoms. The fourth-order valence-electron chi connectivity index (χ4n) is 0.925. The molecule has 0 aliphatic heterocycles. The van der Waals surface area contributed by atoms with Gasteiger partial charge in [-0.2, -0.15) is 5.10 Å². The van der Waals surface area contributed by atoms with Crippen LogP contribution in [0.1, 0.15) is 26.3 Å². The molecule has 0 aromatic carbocycles. The van der Waals surface area contributed by atoms with Crippen molar-refractivity contribution in [2.24, 2.45) is 0 Å². The number of carbonyl (C=O) groups excluding carboxylic acids is 1. The standard InChI is InChI=1S/C9H14BrN3O2/c1-9(2,3)15-8(14)12-7-6(4-10)5-11-13-7/h5H,4H2,1-3H3,(H2,11,12,13,14). The molecule has 1 aromatic heterocycles. The molecule has 0 radical (unpaired) electrons. The van der Waals surface area contributed by atoms with Gasteiger partial charge in [0, 0.05) is 17.1 Å². The molecule has 0 saturated heterocycles. The summed E-state index contributed by atoms with van der Waals surface area (Å²) < 4.78 is 5.09. The van der Waals surface area contributed by atoms with Crippen molar-refractivity contribution in [1.29, 1.82) is 0 Å². The van der Waals surface area contributed by atoms with Gasteiger partial charge in [-0.25, -0.2) is 4.79 Å². The van der Waals surface area contributed by atoms with E-state index < -0.39 is 11.7 Å². The first-order valence-electron chi connectivity index (χ1n) is 4.51. The van der Waals surface area contributed by atoms with Crippen LogP contribution >= 0.6 is 15.9 Å². The van der Waals surface area contributed by atoms with Crippen LogP contribution < -0.4 is 5.32 Å². The zero-order chi connectivity index (χ0) is 11.5. The molecule has 2 N–H and O–H groups in total. The summed E-state index contributed by atoms with van der Waals surface area (Å²) in [5, 5.41) is 9.74. The van der Waals surface area contributed by atoms with Gasteiger partial charge in [-0.1, -0.05) is 15.9 Å². The van der Waals surface area contributed by atoms with Crippen LogP contribution in [0, 0.1) is 0 Å². The van der Waals surface area contributed by atoms with E-state index in [1.54, 1.807) is 6.20 Å². The molecule has 1 aromatic rings. The molecule has 0 aliphatic carbocycles. The number of carbonyl (C=O) groups is 1. The van der Waals surface area contributed by atoms with Crippen molar-refractivity contribution < 1.29 is 9.53 Å². The van der Waals surface area contributed by atoms with Gasteiger partial charge in [0.2, 0.25) is 0 Å². The van der Waals surface area contributed by atoms with E-state index in [1.165, 1.54) is 0 Å². The van der Waals surface area contributed by atoms with Crippen LogP contribution in [-0.2, 0) is 10.1 Å². The first-order valence-corrected chi connectivity index (χ1v) is 5.63. The molecular formula is C9H14BrN3O2. The molecule has 0 unspecified atom stereocenters. The summed E-state index contributed by atoms with van der Waals surface area (Å²) in [5.74, 6) is 0.487. The van der Waals surface area contributed by atoms with Crippen LogP contribution in [0.25, 0.3) is 0 Å². The van der Waals surface area contributed by atoms with Crippen molar-refractivity contribution in [3.63, 3.8) is 0 Å². The third-order valence-corrected chi connectivity index (χ3v) is 2.09. The predicted octanol–water partition coefficient (Wildman–Crippen LogP) is 2.65. The zero-order valence-electron chi connectivity index (χ0n) is 8.93. The van der Waals surface area contributed by atoms with E-state index in [0.717, 1.165) is 5.56 Å². The quantitative estimate of drug-likeness (QED) is 0.816. The maximum atomic E-state index is 11.4. The number of aromatic nitrogens is 2. The Morgan fingerprint density at radius 1 is 1.67 bits per heavy atom. The van der Waals surface area contributed by atoms with E-state index >= 15 is 0 Å². The van der Waals surface area contributed by atoms with Crippen LogP contribution in [0.2, 0.25) is 0 Å². The van der Waals surface area contributed by atoms with Crippen molar-refractivity contribution in [1.82, 2.24) is 10.2 Å². The summed E-state index contributed by atoms with van der Waals surface area (Å²) in [4.78, 5) is 11.4. The van der Waals surface area contributed by atoms with Gasteiger partial charge < -0.3 is 4.74 Å². The van der Waals surface area contributed by atoms with E-state index in [-0.39, 0.29) is 0 Å². The van der Waals surface area contributed by atoms with E-state index in [9.17, 15) is 4.79 Å². The molecule has 84 valence electrons. The van der Waals surface area contributed by atoms with Gasteiger partial charge >= 0.3 is 6.09 Å². The molecule has 0 spiro atoms. The van der Waals surface area contributed by atoms with Gasteiger partial charge in [0.15, 0.2) is 5.82 Å². The molecule has 0 aliphatic rings. The number of nitrogens with zero attached hydrogens (tertiary/aromatic N) is 1. The number of ether oxygens (including phenoxy) is 1. The molecule has 1 heterocycles. The summed E-state index contributed by atoms with van der Waals surface area (Å²) in [6, 6.07) is 0. The molecule has 15 heavy (non-hydrogen) atoms. The Balaban J connectivity index is 2.59. The molecule has 0 atom stereocenters. The lowest BCUT2D eigenvalue weighted by Gasteiger charge is -2.19. The molecule has 6 heteroatoms. The Bertz CT molecular complexity index is 343. The second-order valence-corrected chi connectivity index (χ2v) is 4.58. The van der Waals surface area contributed by atoms with Gasteiger partial charge in [0.25, 0.3) is 0 Å². The maximum absolute atomic E-state index is 11.4. The third kappa shape index (κ3) is 3.91. The Labute approximate surface area is 96.7 Å². The number of rotatable bonds is 2. The van der Waals surface area contributed by atoms with E-state index in [0.29, 0.717) is 11.1 Å². The summed E-state index contributed by atoms with van der Waals surface area (Å²) in [7, 11) is 0. The summed E-state index contributed by atoms with van der Waals surface area (Å²) >= 11 is 3.29. The van der Waals surface area contributed by atoms with Crippen molar-refractivity contribution in [3.8, 4) is 0 Å². The smallest absolute Gasteiger partial charge is 0.413 e. The van der Waals surface area contributed by atoms with E-state index in [4.69, 9.17) is 4.74 Å². The zero-order valence-corrected chi connectivity index (χ0v) is 10.5. The van der Waals surface area contributed by atoms with Gasteiger partial charge in [-0.05, 0) is 20.8 Å². The number of hydrogen-bond donors (Lipinski definition) is 2. The minimum Gasteiger partial charge on any atom is -0.444 e. The highest BCUT2D eigenvalue weighted by molar-refractivity contribution is 9.08. The van der Waals surface area contributed by atoms with Crippen molar-refractivity contribution in [2.75, 3.05) is 5.32 Å². The lowest BCUT2D eigenvalue weighted by molar-refractivity contribution is 0.0635. The number of hydrogen-bond acceptors (Lipinski definition) is 3. The number of amides is 1. The summed E-state index contributed by atoms with van der Waals surface area (Å²) in [6.45, 7) is 5.42. The average Bonchev–Trinajstić information content (AvgIpc) is 2.48. The van der Waals surface area contributed by atoms with E-state index in [1.807, 2.05) is 20.8 Å². The monoisotopic (exact) mass is 275 g/mol. The van der Waals surface area contributed by atoms with Gasteiger partial charge in [0.1, 0.15) is 5.60 Å². The van der Waals surface area contributed by atoms with Crippen molar-refractivity contribution in [2.45, 2.75) is 31.7 Å². The second-order valence-electron chi connectivity index (χ2n) is 4.02. The second kappa shape index (κ2) is 4.65. The fraction of sp³-hybridized carbons (Fsp3) is 0.556. The normalized spacial score (nSPS) is 11.2. The van der Waals surface area contributed by atoms with Crippen LogP contribution in [0.3, 0.4) is 0 Å². The predicted molar refractivity (Wildman–Crippen MR) is 61.1 cm³/mol. The Morgan fingerprint density at radius 2 is 2.33 bits per heavy atom. The number of alkyl halides is 1. The molecule has 0 fully saturated rings. The van der Waals surface area contributed by atoms with Crippen LogP contribution in [-0.4, -0.2) is 21.9 Å². The van der Waals surface area contributed by atoms with Gasteiger partial charge in [0.05, 0.1) is 0 Å². The maximum Gasteiger partial charge on any atom is 0.413 e. The van der Waals surface area contributed by atoms with Crippen LogP contribution in [0.5, 0.6) is 0 Å². The Hall–Kier alpha value is -1.04.